The van der Waals surface area contributed by atoms with Crippen molar-refractivity contribution in [3.8, 4) is 11.1 Å². The molecule has 0 bridgehead atoms. The Kier molecular flexibility index (Phi) is 7.53. The van der Waals surface area contributed by atoms with E-state index in [2.05, 4.69) is 5.32 Å². The Labute approximate surface area is 206 Å². The highest BCUT2D eigenvalue weighted by molar-refractivity contribution is 8.13. The third-order valence-electron chi connectivity index (χ3n) is 5.73. The van der Waals surface area contributed by atoms with Gasteiger partial charge in [-0.2, -0.15) is 13.2 Å². The molecule has 0 saturated heterocycles. The first-order chi connectivity index (χ1) is 16.6. The van der Waals surface area contributed by atoms with Crippen LogP contribution in [0.2, 0.25) is 0 Å². The monoisotopic (exact) mass is 520 g/mol. The second-order valence-electron chi connectivity index (χ2n) is 8.23. The number of anilines is 1. The van der Waals surface area contributed by atoms with Gasteiger partial charge in [0.1, 0.15) is 6.54 Å². The average Bonchev–Trinajstić information content (AvgIpc) is 2.77. The molecular formula is C25H23F3N2O3S2. The number of hydrogen-bond donors (Lipinski definition) is 2. The Morgan fingerprint density at radius 1 is 0.971 bits per heavy atom. The number of thioether (sulfide) groups is 1. The molecular weight excluding hydrogens is 497 g/mol. The number of alkyl halides is 3. The molecule has 3 aromatic rings. The molecule has 1 aliphatic carbocycles. The summed E-state index contributed by atoms with van der Waals surface area (Å²) in [7, 11) is -4.45. The van der Waals surface area contributed by atoms with Gasteiger partial charge in [-0.25, -0.2) is 13.1 Å². The Morgan fingerprint density at radius 3 is 2.37 bits per heavy atom. The number of hydrogen-bond acceptors (Lipinski definition) is 4. The molecule has 10 heteroatoms. The number of nitrogens with one attached hydrogen (secondary N) is 2. The van der Waals surface area contributed by atoms with Crippen molar-refractivity contribution in [2.24, 2.45) is 0 Å². The normalized spacial score (nSPS) is 14.4. The van der Waals surface area contributed by atoms with Crippen LogP contribution >= 0.6 is 11.8 Å². The molecule has 1 aliphatic rings. The zero-order valence-corrected chi connectivity index (χ0v) is 20.1. The van der Waals surface area contributed by atoms with Gasteiger partial charge in [-0.15, -0.1) is 0 Å². The average molecular weight is 521 g/mol. The van der Waals surface area contributed by atoms with Gasteiger partial charge in [0.15, 0.2) is 0 Å². The van der Waals surface area contributed by atoms with Crippen LogP contribution in [0, 0.1) is 0 Å². The van der Waals surface area contributed by atoms with Gasteiger partial charge in [0.25, 0.3) is 5.24 Å². The highest BCUT2D eigenvalue weighted by atomic mass is 32.2. The summed E-state index contributed by atoms with van der Waals surface area (Å²) in [6.07, 6.45) is -1.33. The van der Waals surface area contributed by atoms with E-state index >= 15 is 0 Å². The third kappa shape index (κ3) is 6.65. The van der Waals surface area contributed by atoms with Crippen LogP contribution in [0.15, 0.2) is 82.6 Å². The molecule has 0 unspecified atom stereocenters. The molecule has 1 fully saturated rings. The van der Waals surface area contributed by atoms with E-state index in [0.717, 1.165) is 35.7 Å². The van der Waals surface area contributed by atoms with E-state index in [0.29, 0.717) is 16.4 Å². The zero-order chi connectivity index (χ0) is 25.1. The topological polar surface area (TPSA) is 75.3 Å². The SMILES string of the molecule is O=C(Nc1cc(S(=O)(=O)NCC(F)(F)F)ccc1-c1cccc(C2CCC2)c1)Sc1ccccc1. The lowest BCUT2D eigenvalue weighted by Crippen LogP contribution is -2.33. The first-order valence-electron chi connectivity index (χ1n) is 11.0. The first kappa shape index (κ1) is 25.3. The number of benzene rings is 3. The van der Waals surface area contributed by atoms with Crippen LogP contribution in [0.3, 0.4) is 0 Å². The molecule has 4 rings (SSSR count). The minimum absolute atomic E-state index is 0.194. The van der Waals surface area contributed by atoms with Gasteiger partial charge < -0.3 is 5.32 Å². The second kappa shape index (κ2) is 10.4. The number of carbonyl (C=O) groups is 1. The summed E-state index contributed by atoms with van der Waals surface area (Å²) < 4.78 is 64.4. The predicted octanol–water partition coefficient (Wildman–Crippen LogP) is 6.79. The van der Waals surface area contributed by atoms with Crippen molar-refractivity contribution in [3.63, 3.8) is 0 Å². The van der Waals surface area contributed by atoms with Gasteiger partial charge in [0.2, 0.25) is 10.0 Å². The van der Waals surface area contributed by atoms with Gasteiger partial charge in [0, 0.05) is 10.5 Å². The molecule has 0 spiro atoms. The fraction of sp³-hybridized carbons (Fsp3) is 0.240. The molecule has 1 amide bonds. The Morgan fingerprint density at radius 2 is 1.71 bits per heavy atom. The largest absolute Gasteiger partial charge is 0.402 e. The second-order valence-corrected chi connectivity index (χ2v) is 11.0. The summed E-state index contributed by atoms with van der Waals surface area (Å²) >= 11 is 0.926. The molecule has 0 aromatic heterocycles. The molecule has 1 saturated carbocycles. The van der Waals surface area contributed by atoms with Crippen molar-refractivity contribution < 1.29 is 26.4 Å². The Balaban J connectivity index is 1.68. The molecule has 5 nitrogen and oxygen atoms in total. The summed E-state index contributed by atoms with van der Waals surface area (Å²) in [6, 6.07) is 20.6. The van der Waals surface area contributed by atoms with Crippen molar-refractivity contribution in [1.82, 2.24) is 4.72 Å². The lowest BCUT2D eigenvalue weighted by atomic mass is 9.79. The zero-order valence-electron chi connectivity index (χ0n) is 18.5. The van der Waals surface area contributed by atoms with Crippen LogP contribution in [0.1, 0.15) is 30.7 Å². The standard InChI is InChI=1S/C25H23F3N2O3S2/c26-25(27,28)16-29-35(32,33)21-12-13-22(19-9-5-8-18(14-19)17-6-4-7-17)23(15-21)30-24(31)34-20-10-2-1-3-11-20/h1-3,5,8-15,17,29H,4,6-7,16H2,(H,30,31). The van der Waals surface area contributed by atoms with Gasteiger partial charge in [-0.3, -0.25) is 4.79 Å². The van der Waals surface area contributed by atoms with Crippen molar-refractivity contribution in [1.29, 1.82) is 0 Å². The van der Waals surface area contributed by atoms with Crippen LogP contribution in [0.4, 0.5) is 23.7 Å². The fourth-order valence-corrected chi connectivity index (χ4v) is 5.45. The van der Waals surface area contributed by atoms with Crippen LogP contribution in [0.25, 0.3) is 11.1 Å². The Hall–Kier alpha value is -2.82. The van der Waals surface area contributed by atoms with Gasteiger partial charge in [-0.1, -0.05) is 55.0 Å². The molecule has 35 heavy (non-hydrogen) atoms. The van der Waals surface area contributed by atoms with Gasteiger partial charge in [0.05, 0.1) is 10.6 Å². The highest BCUT2D eigenvalue weighted by Crippen LogP contribution is 2.39. The van der Waals surface area contributed by atoms with Crippen molar-refractivity contribution in [2.75, 3.05) is 11.9 Å². The third-order valence-corrected chi connectivity index (χ3v) is 7.92. The van der Waals surface area contributed by atoms with Gasteiger partial charge in [-0.05, 0) is 65.9 Å². The summed E-state index contributed by atoms with van der Waals surface area (Å²) in [6.45, 7) is -1.69. The first-order valence-corrected chi connectivity index (χ1v) is 13.3. The van der Waals surface area contributed by atoms with Gasteiger partial charge >= 0.3 is 6.18 Å². The Bertz CT molecular complexity index is 1310. The highest BCUT2D eigenvalue weighted by Gasteiger charge is 2.30. The maximum atomic E-state index is 12.8. The van der Waals surface area contributed by atoms with Crippen LogP contribution < -0.4 is 10.0 Å². The van der Waals surface area contributed by atoms with E-state index in [-0.39, 0.29) is 10.6 Å². The lowest BCUT2D eigenvalue weighted by molar-refractivity contribution is -0.121. The lowest BCUT2D eigenvalue weighted by Gasteiger charge is -2.26. The molecule has 0 heterocycles. The maximum Gasteiger partial charge on any atom is 0.402 e. The summed E-state index contributed by atoms with van der Waals surface area (Å²) in [4.78, 5) is 13.1. The van der Waals surface area contributed by atoms with Crippen LogP contribution in [-0.2, 0) is 10.0 Å². The van der Waals surface area contributed by atoms with E-state index in [9.17, 15) is 26.4 Å². The number of halogens is 3. The van der Waals surface area contributed by atoms with E-state index in [1.165, 1.54) is 24.6 Å². The number of sulfonamides is 1. The quantitative estimate of drug-likeness (QED) is 0.337. The van der Waals surface area contributed by atoms with Crippen molar-refractivity contribution in [3.05, 3.63) is 78.4 Å². The summed E-state index contributed by atoms with van der Waals surface area (Å²) in [5.41, 5.74) is 2.71. The molecule has 184 valence electrons. The molecule has 0 radical (unpaired) electrons. The van der Waals surface area contributed by atoms with E-state index in [4.69, 9.17) is 0 Å². The van der Waals surface area contributed by atoms with E-state index in [1.807, 2.05) is 30.3 Å². The van der Waals surface area contributed by atoms with Crippen LogP contribution in [-0.4, -0.2) is 26.4 Å². The molecule has 0 aliphatic heterocycles. The summed E-state index contributed by atoms with van der Waals surface area (Å²) in [5, 5.41) is 2.28. The van der Waals surface area contributed by atoms with E-state index < -0.39 is 28.0 Å². The van der Waals surface area contributed by atoms with Crippen molar-refractivity contribution in [2.45, 2.75) is 41.1 Å². The van der Waals surface area contributed by atoms with Crippen LogP contribution in [0.5, 0.6) is 0 Å². The minimum atomic E-state index is -4.70. The maximum absolute atomic E-state index is 12.8. The molecule has 2 N–H and O–H groups in total. The molecule has 3 aromatic carbocycles. The number of carbonyl (C=O) groups excluding carboxylic acids is 1. The van der Waals surface area contributed by atoms with Crippen molar-refractivity contribution >= 4 is 32.7 Å². The number of rotatable bonds is 7. The molecule has 0 atom stereocenters. The number of amides is 1. The van der Waals surface area contributed by atoms with E-state index in [1.54, 1.807) is 29.0 Å². The minimum Gasteiger partial charge on any atom is -0.316 e. The summed E-state index contributed by atoms with van der Waals surface area (Å²) in [5.74, 6) is 0.466. The predicted molar refractivity (Wildman–Crippen MR) is 131 cm³/mol. The smallest absolute Gasteiger partial charge is 0.316 e. The fourth-order valence-electron chi connectivity index (χ4n) is 3.74.